The lowest BCUT2D eigenvalue weighted by atomic mass is 9.98. The minimum Gasteiger partial charge on any atom is -0.488 e. The molecule has 0 unspecified atom stereocenters. The Kier molecular flexibility index (Phi) is 3.20. The van der Waals surface area contributed by atoms with Crippen molar-refractivity contribution in [3.63, 3.8) is 0 Å². The highest BCUT2D eigenvalue weighted by Gasteiger charge is 2.28. The minimum atomic E-state index is -0.393. The second kappa shape index (κ2) is 5.39. The summed E-state index contributed by atoms with van der Waals surface area (Å²) in [6.45, 7) is 4.42. The molecule has 0 saturated heterocycles. The average Bonchev–Trinajstić information content (AvgIpc) is 3.02. The number of benzene rings is 2. The predicted octanol–water partition coefficient (Wildman–Crippen LogP) is 4.96. The third-order valence-corrected chi connectivity index (χ3v) is 4.98. The molecule has 5 nitrogen and oxygen atoms in total. The first-order valence-electron chi connectivity index (χ1n) is 8.78. The highest BCUT2D eigenvalue weighted by atomic mass is 16.5. The highest BCUT2D eigenvalue weighted by Crippen LogP contribution is 2.45. The highest BCUT2D eigenvalue weighted by molar-refractivity contribution is 5.95. The Balaban J connectivity index is 1.66. The molecule has 5 rings (SSSR count). The molecule has 0 aliphatic carbocycles. The van der Waals surface area contributed by atoms with Gasteiger partial charge in [-0.1, -0.05) is 6.08 Å². The fourth-order valence-electron chi connectivity index (χ4n) is 3.60. The Morgan fingerprint density at radius 2 is 2.00 bits per heavy atom. The van der Waals surface area contributed by atoms with Gasteiger partial charge in [0.1, 0.15) is 35.1 Å². The van der Waals surface area contributed by atoms with Gasteiger partial charge >= 0.3 is 5.97 Å². The van der Waals surface area contributed by atoms with E-state index in [1.807, 2.05) is 32.1 Å². The van der Waals surface area contributed by atoms with Gasteiger partial charge in [0.25, 0.3) is 0 Å². The van der Waals surface area contributed by atoms with E-state index < -0.39 is 5.97 Å². The van der Waals surface area contributed by atoms with Crippen molar-refractivity contribution in [1.82, 2.24) is 0 Å². The Morgan fingerprint density at radius 1 is 1.15 bits per heavy atom. The molecule has 2 aliphatic heterocycles. The Hall–Kier alpha value is -3.21. The monoisotopic (exact) mass is 362 g/mol. The summed E-state index contributed by atoms with van der Waals surface area (Å²) in [5.41, 5.74) is 3.73. The summed E-state index contributed by atoms with van der Waals surface area (Å²) in [6.07, 6.45) is 4.13. The standard InChI is InChI=1S/C22H18O5/c1-22(2)7-6-12-8-15-16-11-25-18-9-13(21(23)24-3)4-5-14(18)20(16)26-19(15)10-17(12)27-22/h4-10H,11H2,1-3H3. The molecule has 5 heteroatoms. The molecule has 27 heavy (non-hydrogen) atoms. The molecular weight excluding hydrogens is 344 g/mol. The molecule has 2 aliphatic rings. The van der Waals surface area contributed by atoms with E-state index in [0.717, 1.165) is 39.2 Å². The molecule has 0 N–H and O–H groups in total. The van der Waals surface area contributed by atoms with Gasteiger partial charge in [0.05, 0.1) is 18.2 Å². The van der Waals surface area contributed by atoms with E-state index in [4.69, 9.17) is 18.6 Å². The Morgan fingerprint density at radius 3 is 2.81 bits per heavy atom. The molecule has 1 aromatic heterocycles. The van der Waals surface area contributed by atoms with Crippen molar-refractivity contribution in [3.05, 3.63) is 53.1 Å². The molecule has 3 aromatic rings. The second-order valence-electron chi connectivity index (χ2n) is 7.33. The minimum absolute atomic E-state index is 0.340. The van der Waals surface area contributed by atoms with Gasteiger partial charge in [-0.05, 0) is 44.2 Å². The van der Waals surface area contributed by atoms with Crippen LogP contribution in [0.3, 0.4) is 0 Å². The summed E-state index contributed by atoms with van der Waals surface area (Å²) in [5.74, 6) is 1.80. The number of hydrogen-bond donors (Lipinski definition) is 0. The van der Waals surface area contributed by atoms with Crippen molar-refractivity contribution < 1.29 is 23.4 Å². The van der Waals surface area contributed by atoms with E-state index in [2.05, 4.69) is 12.1 Å². The van der Waals surface area contributed by atoms with Crippen molar-refractivity contribution in [2.24, 2.45) is 0 Å². The third kappa shape index (κ3) is 2.42. The zero-order chi connectivity index (χ0) is 18.8. The van der Waals surface area contributed by atoms with Crippen molar-refractivity contribution in [2.75, 3.05) is 7.11 Å². The number of rotatable bonds is 1. The van der Waals surface area contributed by atoms with Crippen LogP contribution in [0.5, 0.6) is 11.5 Å². The zero-order valence-corrected chi connectivity index (χ0v) is 15.3. The molecule has 0 amide bonds. The van der Waals surface area contributed by atoms with Crippen LogP contribution in [-0.4, -0.2) is 18.7 Å². The molecule has 0 spiro atoms. The van der Waals surface area contributed by atoms with Crippen LogP contribution in [0.2, 0.25) is 0 Å². The number of carbonyl (C=O) groups is 1. The first-order chi connectivity index (χ1) is 12.9. The van der Waals surface area contributed by atoms with E-state index in [-0.39, 0.29) is 5.60 Å². The van der Waals surface area contributed by atoms with Crippen molar-refractivity contribution in [3.8, 4) is 22.8 Å². The molecule has 0 atom stereocenters. The number of methoxy groups -OCH3 is 1. The maximum Gasteiger partial charge on any atom is 0.337 e. The topological polar surface area (TPSA) is 57.9 Å². The quantitative estimate of drug-likeness (QED) is 0.573. The number of fused-ring (bicyclic) bond motifs is 6. The molecule has 0 radical (unpaired) electrons. The molecule has 0 fully saturated rings. The summed E-state index contributed by atoms with van der Waals surface area (Å²) >= 11 is 0. The van der Waals surface area contributed by atoms with E-state index in [1.54, 1.807) is 12.1 Å². The van der Waals surface area contributed by atoms with E-state index >= 15 is 0 Å². The maximum absolute atomic E-state index is 11.8. The van der Waals surface area contributed by atoms with Crippen LogP contribution < -0.4 is 9.47 Å². The molecule has 0 saturated carbocycles. The zero-order valence-electron chi connectivity index (χ0n) is 15.3. The first kappa shape index (κ1) is 16.0. The number of esters is 1. The van der Waals surface area contributed by atoms with E-state index in [1.165, 1.54) is 7.11 Å². The summed E-state index contributed by atoms with van der Waals surface area (Å²) in [5, 5.41) is 1.01. The average molecular weight is 362 g/mol. The van der Waals surface area contributed by atoms with Gasteiger partial charge in [0.15, 0.2) is 0 Å². The molecule has 3 heterocycles. The van der Waals surface area contributed by atoms with Gasteiger partial charge in [-0.15, -0.1) is 0 Å². The van der Waals surface area contributed by atoms with Crippen molar-refractivity contribution >= 4 is 23.0 Å². The van der Waals surface area contributed by atoms with E-state index in [9.17, 15) is 4.79 Å². The van der Waals surface area contributed by atoms with Gasteiger partial charge in [0.2, 0.25) is 0 Å². The summed E-state index contributed by atoms with van der Waals surface area (Å²) in [4.78, 5) is 11.8. The van der Waals surface area contributed by atoms with Gasteiger partial charge in [0, 0.05) is 22.6 Å². The summed E-state index contributed by atoms with van der Waals surface area (Å²) in [7, 11) is 1.36. The smallest absolute Gasteiger partial charge is 0.337 e. The lowest BCUT2D eigenvalue weighted by Gasteiger charge is -2.27. The van der Waals surface area contributed by atoms with Gasteiger partial charge in [-0.3, -0.25) is 0 Å². The SMILES string of the molecule is COC(=O)c1ccc2c(c1)OCc1c-2oc2cc3c(cc12)C=CC(C)(C)O3. The fraction of sp³-hybridized carbons (Fsp3) is 0.227. The molecular formula is C22H18O5. The van der Waals surface area contributed by atoms with E-state index in [0.29, 0.717) is 17.9 Å². The van der Waals surface area contributed by atoms with Crippen LogP contribution >= 0.6 is 0 Å². The Labute approximate surface area is 156 Å². The molecule has 136 valence electrons. The lowest BCUT2D eigenvalue weighted by molar-refractivity contribution is 0.0600. The van der Waals surface area contributed by atoms with Gasteiger partial charge in [-0.25, -0.2) is 4.79 Å². The first-order valence-corrected chi connectivity index (χ1v) is 8.78. The Bertz CT molecular complexity index is 1130. The van der Waals surface area contributed by atoms with Crippen LogP contribution in [0.1, 0.15) is 35.3 Å². The number of carbonyl (C=O) groups excluding carboxylic acids is 1. The molecule has 2 aromatic carbocycles. The van der Waals surface area contributed by atoms with Crippen LogP contribution in [-0.2, 0) is 11.3 Å². The van der Waals surface area contributed by atoms with Crippen LogP contribution in [0, 0.1) is 0 Å². The molecule has 0 bridgehead atoms. The van der Waals surface area contributed by atoms with Gasteiger partial charge in [-0.2, -0.15) is 0 Å². The number of hydrogen-bond acceptors (Lipinski definition) is 5. The third-order valence-electron chi connectivity index (χ3n) is 4.98. The van der Waals surface area contributed by atoms with Gasteiger partial charge < -0.3 is 18.6 Å². The largest absolute Gasteiger partial charge is 0.488 e. The van der Waals surface area contributed by atoms with Crippen LogP contribution in [0.15, 0.2) is 40.8 Å². The number of furan rings is 1. The predicted molar refractivity (Wildman–Crippen MR) is 101 cm³/mol. The summed E-state index contributed by atoms with van der Waals surface area (Å²) < 4.78 is 22.9. The van der Waals surface area contributed by atoms with Crippen molar-refractivity contribution in [1.29, 1.82) is 0 Å². The van der Waals surface area contributed by atoms with Crippen LogP contribution in [0.4, 0.5) is 0 Å². The van der Waals surface area contributed by atoms with Crippen LogP contribution in [0.25, 0.3) is 28.4 Å². The summed E-state index contributed by atoms with van der Waals surface area (Å²) in [6, 6.07) is 9.26. The lowest BCUT2D eigenvalue weighted by Crippen LogP contribution is -2.27. The normalized spacial score (nSPS) is 16.0. The number of ether oxygens (including phenoxy) is 3. The maximum atomic E-state index is 11.8. The fourth-order valence-corrected chi connectivity index (χ4v) is 3.60. The van der Waals surface area contributed by atoms with Crippen molar-refractivity contribution in [2.45, 2.75) is 26.1 Å². The second-order valence-corrected chi connectivity index (χ2v) is 7.33.